The van der Waals surface area contributed by atoms with E-state index in [2.05, 4.69) is 48.1 Å². The molecule has 2 nitrogen and oxygen atoms in total. The molecular weight excluding hydrogens is 184 g/mol. The molecule has 80 valence electrons. The molecule has 0 aliphatic rings. The molecule has 2 heteroatoms. The number of benzene rings is 1. The molecule has 0 fully saturated rings. The zero-order valence-corrected chi connectivity index (χ0v) is 9.67. The Kier molecular flexibility index (Phi) is 2.78. The summed E-state index contributed by atoms with van der Waals surface area (Å²) < 4.78 is 2.29. The number of nitrogens with zero attached hydrogens (tertiary/aromatic N) is 1. The molecule has 1 aromatic carbocycles. The maximum Gasteiger partial charge on any atom is 0.0483 e. The smallest absolute Gasteiger partial charge is 0.0483 e. The zero-order chi connectivity index (χ0) is 10.8. The summed E-state index contributed by atoms with van der Waals surface area (Å²) in [5.41, 5.74) is 4.11. The summed E-state index contributed by atoms with van der Waals surface area (Å²) in [7, 11) is 4.13. The van der Waals surface area contributed by atoms with Crippen LogP contribution in [0, 0.1) is 0 Å². The van der Waals surface area contributed by atoms with Gasteiger partial charge in [-0.05, 0) is 31.2 Å². The van der Waals surface area contributed by atoms with Gasteiger partial charge in [0.15, 0.2) is 0 Å². The SMILES string of the molecule is CCc1cc2c(CNC)cccc2n1C. The van der Waals surface area contributed by atoms with E-state index in [-0.39, 0.29) is 0 Å². The highest BCUT2D eigenvalue weighted by molar-refractivity contribution is 5.84. The maximum atomic E-state index is 3.21. The molecule has 0 saturated heterocycles. The van der Waals surface area contributed by atoms with Gasteiger partial charge in [-0.3, -0.25) is 0 Å². The predicted octanol–water partition coefficient (Wildman–Crippen LogP) is 2.46. The van der Waals surface area contributed by atoms with Crippen molar-refractivity contribution in [1.29, 1.82) is 0 Å². The summed E-state index contributed by atoms with van der Waals surface area (Å²) in [5, 5.41) is 4.59. The van der Waals surface area contributed by atoms with E-state index in [1.54, 1.807) is 0 Å². The number of aromatic nitrogens is 1. The highest BCUT2D eigenvalue weighted by atomic mass is 14.9. The van der Waals surface area contributed by atoms with E-state index in [1.165, 1.54) is 22.2 Å². The first-order valence-corrected chi connectivity index (χ1v) is 5.48. The van der Waals surface area contributed by atoms with Crippen molar-refractivity contribution in [1.82, 2.24) is 9.88 Å². The van der Waals surface area contributed by atoms with Gasteiger partial charge in [-0.25, -0.2) is 0 Å². The molecule has 0 saturated carbocycles. The average Bonchev–Trinajstić information content (AvgIpc) is 2.58. The van der Waals surface area contributed by atoms with Crippen LogP contribution in [-0.2, 0) is 20.0 Å². The Morgan fingerprint density at radius 3 is 2.80 bits per heavy atom. The number of hydrogen-bond donors (Lipinski definition) is 1. The summed E-state index contributed by atoms with van der Waals surface area (Å²) in [6.45, 7) is 3.14. The maximum absolute atomic E-state index is 3.21. The lowest BCUT2D eigenvalue weighted by atomic mass is 10.1. The molecule has 0 spiro atoms. The van der Waals surface area contributed by atoms with Crippen molar-refractivity contribution >= 4 is 10.9 Å². The Balaban J connectivity index is 2.65. The lowest BCUT2D eigenvalue weighted by molar-refractivity contribution is 0.823. The van der Waals surface area contributed by atoms with Crippen molar-refractivity contribution in [2.75, 3.05) is 7.05 Å². The van der Waals surface area contributed by atoms with Crippen LogP contribution < -0.4 is 5.32 Å². The lowest BCUT2D eigenvalue weighted by Crippen LogP contribution is -2.05. The molecule has 0 amide bonds. The Labute approximate surface area is 90.9 Å². The van der Waals surface area contributed by atoms with Crippen LogP contribution in [0.2, 0.25) is 0 Å². The van der Waals surface area contributed by atoms with E-state index >= 15 is 0 Å². The second-order valence-electron chi connectivity index (χ2n) is 3.93. The van der Waals surface area contributed by atoms with Crippen molar-refractivity contribution in [2.24, 2.45) is 7.05 Å². The standard InChI is InChI=1S/C13H18N2/c1-4-11-8-12-10(9-14-2)6-5-7-13(12)15(11)3/h5-8,14H,4,9H2,1-3H3. The van der Waals surface area contributed by atoms with Crippen molar-refractivity contribution in [2.45, 2.75) is 19.9 Å². The Bertz CT molecular complexity index is 469. The van der Waals surface area contributed by atoms with E-state index in [0.717, 1.165) is 13.0 Å². The van der Waals surface area contributed by atoms with Gasteiger partial charge in [0.05, 0.1) is 0 Å². The number of aryl methyl sites for hydroxylation is 2. The van der Waals surface area contributed by atoms with Crippen molar-refractivity contribution in [3.8, 4) is 0 Å². The summed E-state index contributed by atoms with van der Waals surface area (Å²) in [6.07, 6.45) is 1.09. The van der Waals surface area contributed by atoms with Crippen molar-refractivity contribution in [3.05, 3.63) is 35.5 Å². The fraction of sp³-hybridized carbons (Fsp3) is 0.385. The van der Waals surface area contributed by atoms with Gasteiger partial charge in [-0.15, -0.1) is 0 Å². The van der Waals surface area contributed by atoms with Crippen LogP contribution in [0.3, 0.4) is 0 Å². The van der Waals surface area contributed by atoms with Gasteiger partial charge in [0, 0.05) is 30.2 Å². The highest BCUT2D eigenvalue weighted by Gasteiger charge is 2.06. The van der Waals surface area contributed by atoms with Crippen LogP contribution in [-0.4, -0.2) is 11.6 Å². The van der Waals surface area contributed by atoms with Gasteiger partial charge < -0.3 is 9.88 Å². The number of nitrogens with one attached hydrogen (secondary N) is 1. The normalized spacial score (nSPS) is 11.1. The largest absolute Gasteiger partial charge is 0.348 e. The molecule has 2 aromatic rings. The third-order valence-corrected chi connectivity index (χ3v) is 3.01. The highest BCUT2D eigenvalue weighted by Crippen LogP contribution is 2.22. The molecule has 1 aromatic heterocycles. The summed E-state index contributed by atoms with van der Waals surface area (Å²) in [6, 6.07) is 8.82. The van der Waals surface area contributed by atoms with Gasteiger partial charge in [-0.1, -0.05) is 19.1 Å². The van der Waals surface area contributed by atoms with Gasteiger partial charge >= 0.3 is 0 Å². The number of hydrogen-bond acceptors (Lipinski definition) is 1. The van der Waals surface area contributed by atoms with Gasteiger partial charge in [0.2, 0.25) is 0 Å². The minimum absolute atomic E-state index is 0.935. The van der Waals surface area contributed by atoms with Crippen LogP contribution >= 0.6 is 0 Å². The quantitative estimate of drug-likeness (QED) is 0.809. The predicted molar refractivity (Wildman–Crippen MR) is 65.1 cm³/mol. The summed E-state index contributed by atoms with van der Waals surface area (Å²) >= 11 is 0. The Morgan fingerprint density at radius 2 is 2.13 bits per heavy atom. The topological polar surface area (TPSA) is 17.0 Å². The zero-order valence-electron chi connectivity index (χ0n) is 9.67. The van der Waals surface area contributed by atoms with Crippen molar-refractivity contribution < 1.29 is 0 Å². The van der Waals surface area contributed by atoms with Gasteiger partial charge in [-0.2, -0.15) is 0 Å². The lowest BCUT2D eigenvalue weighted by Gasteiger charge is -2.03. The second-order valence-corrected chi connectivity index (χ2v) is 3.93. The Hall–Kier alpha value is -1.28. The van der Waals surface area contributed by atoms with E-state index in [0.29, 0.717) is 0 Å². The fourth-order valence-corrected chi connectivity index (χ4v) is 2.16. The average molecular weight is 202 g/mol. The summed E-state index contributed by atoms with van der Waals surface area (Å²) in [5.74, 6) is 0. The van der Waals surface area contributed by atoms with Gasteiger partial charge in [0.1, 0.15) is 0 Å². The third-order valence-electron chi connectivity index (χ3n) is 3.01. The molecule has 1 N–H and O–H groups in total. The van der Waals surface area contributed by atoms with E-state index < -0.39 is 0 Å². The molecule has 0 bridgehead atoms. The van der Waals surface area contributed by atoms with E-state index in [1.807, 2.05) is 7.05 Å². The number of rotatable bonds is 3. The first-order valence-electron chi connectivity index (χ1n) is 5.48. The molecular formula is C13H18N2. The molecule has 0 radical (unpaired) electrons. The molecule has 0 unspecified atom stereocenters. The molecule has 1 heterocycles. The minimum atomic E-state index is 0.935. The minimum Gasteiger partial charge on any atom is -0.348 e. The number of fused-ring (bicyclic) bond motifs is 1. The van der Waals surface area contributed by atoms with Crippen LogP contribution in [0.15, 0.2) is 24.3 Å². The molecule has 15 heavy (non-hydrogen) atoms. The second kappa shape index (κ2) is 4.07. The first-order chi connectivity index (χ1) is 7.27. The van der Waals surface area contributed by atoms with Crippen LogP contribution in [0.1, 0.15) is 18.2 Å². The summed E-state index contributed by atoms with van der Waals surface area (Å²) in [4.78, 5) is 0. The Morgan fingerprint density at radius 1 is 1.33 bits per heavy atom. The molecule has 0 atom stereocenters. The first kappa shape index (κ1) is 10.2. The molecule has 0 aliphatic heterocycles. The van der Waals surface area contributed by atoms with E-state index in [9.17, 15) is 0 Å². The monoisotopic (exact) mass is 202 g/mol. The fourth-order valence-electron chi connectivity index (χ4n) is 2.16. The molecule has 0 aliphatic carbocycles. The van der Waals surface area contributed by atoms with Crippen LogP contribution in [0.4, 0.5) is 0 Å². The van der Waals surface area contributed by atoms with E-state index in [4.69, 9.17) is 0 Å². The van der Waals surface area contributed by atoms with Crippen LogP contribution in [0.5, 0.6) is 0 Å². The third kappa shape index (κ3) is 1.65. The molecule has 2 rings (SSSR count). The van der Waals surface area contributed by atoms with Gasteiger partial charge in [0.25, 0.3) is 0 Å². The van der Waals surface area contributed by atoms with Crippen LogP contribution in [0.25, 0.3) is 10.9 Å². The van der Waals surface area contributed by atoms with Crippen molar-refractivity contribution in [3.63, 3.8) is 0 Å².